The number of para-hydroxylation sites is 1. The summed E-state index contributed by atoms with van der Waals surface area (Å²) < 4.78 is 11.3. The molecule has 0 bridgehead atoms. The van der Waals surface area contributed by atoms with Gasteiger partial charge in [-0.15, -0.1) is 0 Å². The van der Waals surface area contributed by atoms with Gasteiger partial charge in [-0.3, -0.25) is 4.79 Å². The molecule has 0 spiro atoms. The van der Waals surface area contributed by atoms with E-state index >= 15 is 0 Å². The molecule has 4 rings (SSSR count). The number of pyridine rings is 1. The summed E-state index contributed by atoms with van der Waals surface area (Å²) in [7, 11) is 0. The topological polar surface area (TPSA) is 83.7 Å². The summed E-state index contributed by atoms with van der Waals surface area (Å²) in [6.07, 6.45) is 1.78. The molecule has 1 saturated heterocycles. The molecule has 0 radical (unpaired) electrons. The Morgan fingerprint density at radius 1 is 1.28 bits per heavy atom. The number of rotatable bonds is 7. The first-order chi connectivity index (χ1) is 15.5. The Balaban J connectivity index is 1.61. The van der Waals surface area contributed by atoms with Crippen LogP contribution in [0.2, 0.25) is 5.02 Å². The van der Waals surface area contributed by atoms with E-state index in [0.29, 0.717) is 41.5 Å². The van der Waals surface area contributed by atoms with Gasteiger partial charge in [0.05, 0.1) is 30.0 Å². The zero-order valence-corrected chi connectivity index (χ0v) is 18.7. The van der Waals surface area contributed by atoms with Crippen LogP contribution in [0.3, 0.4) is 0 Å². The summed E-state index contributed by atoms with van der Waals surface area (Å²) in [5.74, 6) is 0.727. The summed E-state index contributed by atoms with van der Waals surface area (Å²) in [6, 6.07) is 14.0. The summed E-state index contributed by atoms with van der Waals surface area (Å²) >= 11 is 6.21. The molecule has 2 heterocycles. The highest BCUT2D eigenvalue weighted by Crippen LogP contribution is 2.23. The molecule has 1 aromatic heterocycles. The molecule has 168 valence electrons. The number of hydrogen-bond donors (Lipinski definition) is 2. The Morgan fingerprint density at radius 2 is 2.12 bits per heavy atom. The number of nitrogens with zero attached hydrogens (tertiary/aromatic N) is 1. The lowest BCUT2D eigenvalue weighted by Crippen LogP contribution is -2.40. The van der Waals surface area contributed by atoms with Gasteiger partial charge in [0.25, 0.3) is 5.56 Å². The molecule has 1 aliphatic rings. The molecule has 0 aliphatic carbocycles. The number of fused-ring (bicyclic) bond motifs is 1. The first kappa shape index (κ1) is 22.2. The van der Waals surface area contributed by atoms with Gasteiger partial charge in [0, 0.05) is 29.6 Å². The Kier molecular flexibility index (Phi) is 6.97. The van der Waals surface area contributed by atoms with Gasteiger partial charge in [-0.1, -0.05) is 23.7 Å². The Labute approximate surface area is 191 Å². The number of ether oxygens (including phenoxy) is 2. The molecule has 1 atom stereocenters. The van der Waals surface area contributed by atoms with E-state index in [1.54, 1.807) is 29.2 Å². The molecule has 2 amide bonds. The average molecular weight is 456 g/mol. The van der Waals surface area contributed by atoms with E-state index in [4.69, 9.17) is 21.1 Å². The number of H-pyrrole nitrogens is 1. The maximum absolute atomic E-state index is 13.1. The number of halogens is 1. The van der Waals surface area contributed by atoms with Crippen molar-refractivity contribution in [1.29, 1.82) is 0 Å². The second-order valence-corrected chi connectivity index (χ2v) is 8.14. The number of anilines is 1. The van der Waals surface area contributed by atoms with Crippen molar-refractivity contribution in [3.8, 4) is 5.75 Å². The zero-order valence-electron chi connectivity index (χ0n) is 17.9. The number of carbonyl (C=O) groups excluding carboxylic acids is 1. The fourth-order valence-corrected chi connectivity index (χ4v) is 4.00. The lowest BCUT2D eigenvalue weighted by Gasteiger charge is -2.26. The van der Waals surface area contributed by atoms with Crippen LogP contribution in [0.4, 0.5) is 10.5 Å². The number of hydrogen-bond acceptors (Lipinski definition) is 4. The Morgan fingerprint density at radius 3 is 2.88 bits per heavy atom. The first-order valence-electron chi connectivity index (χ1n) is 10.7. The van der Waals surface area contributed by atoms with Crippen LogP contribution in [-0.4, -0.2) is 41.8 Å². The van der Waals surface area contributed by atoms with Crippen LogP contribution in [-0.2, 0) is 11.3 Å². The van der Waals surface area contributed by atoms with Crippen molar-refractivity contribution in [3.05, 3.63) is 69.5 Å². The fourth-order valence-electron chi connectivity index (χ4n) is 3.82. The first-order valence-corrected chi connectivity index (χ1v) is 11.1. The van der Waals surface area contributed by atoms with E-state index < -0.39 is 0 Å². The second kappa shape index (κ2) is 10.1. The van der Waals surface area contributed by atoms with Crippen LogP contribution in [0, 0.1) is 0 Å². The standard InChI is InChI=1S/C24H26ClN3O4/c1-2-31-18-9-10-21-16(13-18)12-17(23(29)26-21)14-28(15-19-6-5-11-32-19)24(30)27-22-8-4-3-7-20(22)25/h3-4,7-10,12-13,19H,2,5-6,11,14-15H2,1H3,(H,26,29)(H,27,30). The SMILES string of the molecule is CCOc1ccc2[nH]c(=O)c(CN(CC3CCCO3)C(=O)Nc3ccccc3Cl)cc2c1. The number of aromatic nitrogens is 1. The molecule has 0 saturated carbocycles. The van der Waals surface area contributed by atoms with Gasteiger partial charge >= 0.3 is 6.03 Å². The van der Waals surface area contributed by atoms with E-state index in [9.17, 15) is 9.59 Å². The molecule has 1 aliphatic heterocycles. The summed E-state index contributed by atoms with van der Waals surface area (Å²) in [6.45, 7) is 3.68. The summed E-state index contributed by atoms with van der Waals surface area (Å²) in [4.78, 5) is 30.4. The fraction of sp³-hybridized carbons (Fsp3) is 0.333. The van der Waals surface area contributed by atoms with Gasteiger partial charge in [0.2, 0.25) is 0 Å². The van der Waals surface area contributed by atoms with Crippen LogP contribution in [0.5, 0.6) is 5.75 Å². The van der Waals surface area contributed by atoms with Gasteiger partial charge in [-0.25, -0.2) is 4.79 Å². The summed E-state index contributed by atoms with van der Waals surface area (Å²) in [5, 5.41) is 4.15. The maximum Gasteiger partial charge on any atom is 0.322 e. The predicted octanol–water partition coefficient (Wildman–Crippen LogP) is 4.79. The van der Waals surface area contributed by atoms with Gasteiger partial charge in [-0.2, -0.15) is 0 Å². The third kappa shape index (κ3) is 5.23. The van der Waals surface area contributed by atoms with Crippen molar-refractivity contribution in [2.45, 2.75) is 32.4 Å². The van der Waals surface area contributed by atoms with Crippen molar-refractivity contribution >= 4 is 34.2 Å². The number of amides is 2. The molecule has 32 heavy (non-hydrogen) atoms. The Hall–Kier alpha value is -3.03. The van der Waals surface area contributed by atoms with Crippen LogP contribution in [0.25, 0.3) is 10.9 Å². The van der Waals surface area contributed by atoms with Crippen molar-refractivity contribution in [2.75, 3.05) is 25.1 Å². The number of urea groups is 1. The van der Waals surface area contributed by atoms with Gasteiger partial charge < -0.3 is 24.7 Å². The average Bonchev–Trinajstić information content (AvgIpc) is 3.29. The van der Waals surface area contributed by atoms with E-state index in [-0.39, 0.29) is 24.2 Å². The van der Waals surface area contributed by atoms with Crippen molar-refractivity contribution in [1.82, 2.24) is 9.88 Å². The normalized spacial score (nSPS) is 15.6. The smallest absolute Gasteiger partial charge is 0.322 e. The van der Waals surface area contributed by atoms with Crippen LogP contribution >= 0.6 is 11.6 Å². The third-order valence-corrected chi connectivity index (χ3v) is 5.75. The van der Waals surface area contributed by atoms with Gasteiger partial charge in [0.15, 0.2) is 0 Å². The highest BCUT2D eigenvalue weighted by atomic mass is 35.5. The van der Waals surface area contributed by atoms with E-state index in [1.165, 1.54) is 0 Å². The van der Waals surface area contributed by atoms with Gasteiger partial charge in [-0.05, 0) is 56.2 Å². The van der Waals surface area contributed by atoms with E-state index in [0.717, 1.165) is 24.0 Å². The molecule has 8 heteroatoms. The molecular formula is C24H26ClN3O4. The highest BCUT2D eigenvalue weighted by Gasteiger charge is 2.24. The monoisotopic (exact) mass is 455 g/mol. The molecule has 2 N–H and O–H groups in total. The minimum absolute atomic E-state index is 0.0592. The lowest BCUT2D eigenvalue weighted by molar-refractivity contribution is 0.0818. The lowest BCUT2D eigenvalue weighted by atomic mass is 10.1. The maximum atomic E-state index is 13.1. The molecule has 3 aromatic rings. The van der Waals surface area contributed by atoms with E-state index in [1.807, 2.05) is 31.2 Å². The Bertz CT molecular complexity index is 1160. The molecule has 1 fully saturated rings. The quantitative estimate of drug-likeness (QED) is 0.536. The number of benzene rings is 2. The number of aromatic amines is 1. The largest absolute Gasteiger partial charge is 0.494 e. The number of carbonyl (C=O) groups is 1. The number of nitrogens with one attached hydrogen (secondary N) is 2. The minimum Gasteiger partial charge on any atom is -0.494 e. The molecule has 1 unspecified atom stereocenters. The van der Waals surface area contributed by atoms with Crippen molar-refractivity contribution in [3.63, 3.8) is 0 Å². The third-order valence-electron chi connectivity index (χ3n) is 5.42. The second-order valence-electron chi connectivity index (χ2n) is 7.73. The zero-order chi connectivity index (χ0) is 22.5. The molecule has 7 nitrogen and oxygen atoms in total. The highest BCUT2D eigenvalue weighted by molar-refractivity contribution is 6.33. The summed E-state index contributed by atoms with van der Waals surface area (Å²) in [5.41, 5.74) is 1.49. The van der Waals surface area contributed by atoms with Crippen molar-refractivity contribution < 1.29 is 14.3 Å². The van der Waals surface area contributed by atoms with Crippen LogP contribution in [0.15, 0.2) is 53.3 Å². The van der Waals surface area contributed by atoms with Gasteiger partial charge in [0.1, 0.15) is 5.75 Å². The van der Waals surface area contributed by atoms with E-state index in [2.05, 4.69) is 10.3 Å². The van der Waals surface area contributed by atoms with Crippen molar-refractivity contribution in [2.24, 2.45) is 0 Å². The molecule has 2 aromatic carbocycles. The van der Waals surface area contributed by atoms with Crippen LogP contribution in [0.1, 0.15) is 25.3 Å². The van der Waals surface area contributed by atoms with Crippen LogP contribution < -0.4 is 15.6 Å². The molecular weight excluding hydrogens is 430 g/mol. The minimum atomic E-state index is -0.337. The predicted molar refractivity (Wildman–Crippen MR) is 126 cm³/mol.